The van der Waals surface area contributed by atoms with Crippen molar-refractivity contribution >= 4 is 11.8 Å². The van der Waals surface area contributed by atoms with Crippen LogP contribution in [0.1, 0.15) is 38.5 Å². The van der Waals surface area contributed by atoms with Gasteiger partial charge in [-0.3, -0.25) is 14.5 Å². The van der Waals surface area contributed by atoms with Gasteiger partial charge in [0.1, 0.15) is 0 Å². The van der Waals surface area contributed by atoms with Crippen molar-refractivity contribution in [1.82, 2.24) is 20.0 Å². The molecule has 130 valence electrons. The predicted octanol–water partition coefficient (Wildman–Crippen LogP) is 0.285. The van der Waals surface area contributed by atoms with Crippen LogP contribution < -0.4 is 5.32 Å². The number of likely N-dealkylation sites (tertiary alicyclic amines) is 1. The van der Waals surface area contributed by atoms with Gasteiger partial charge in [0, 0.05) is 39.3 Å². The number of piperidine rings is 2. The Morgan fingerprint density at radius 1 is 0.826 bits per heavy atom. The third kappa shape index (κ3) is 4.44. The largest absolute Gasteiger partial charge is 0.342 e. The van der Waals surface area contributed by atoms with Crippen LogP contribution in [0.4, 0.5) is 0 Å². The molecular weight excluding hydrogens is 292 g/mol. The molecule has 3 aliphatic heterocycles. The van der Waals surface area contributed by atoms with Gasteiger partial charge < -0.3 is 15.1 Å². The van der Waals surface area contributed by atoms with Crippen LogP contribution in [0.3, 0.4) is 0 Å². The van der Waals surface area contributed by atoms with Gasteiger partial charge >= 0.3 is 0 Å². The second kappa shape index (κ2) is 8.11. The van der Waals surface area contributed by atoms with Crippen molar-refractivity contribution in [2.75, 3.05) is 52.4 Å². The summed E-state index contributed by atoms with van der Waals surface area (Å²) in [6.07, 6.45) is 6.82. The van der Waals surface area contributed by atoms with Gasteiger partial charge in [0.05, 0.1) is 12.6 Å². The molecular formula is C17H30N4O2. The Bertz CT molecular complexity index is 409. The van der Waals surface area contributed by atoms with E-state index in [-0.39, 0.29) is 17.9 Å². The number of nitrogens with zero attached hydrogens (tertiary/aromatic N) is 3. The highest BCUT2D eigenvalue weighted by molar-refractivity contribution is 5.82. The lowest BCUT2D eigenvalue weighted by Crippen LogP contribution is -2.56. The van der Waals surface area contributed by atoms with Crippen molar-refractivity contribution in [2.45, 2.75) is 44.6 Å². The van der Waals surface area contributed by atoms with E-state index in [0.717, 1.165) is 71.5 Å². The van der Waals surface area contributed by atoms with Crippen LogP contribution in [0.25, 0.3) is 0 Å². The Hall–Kier alpha value is -1.14. The van der Waals surface area contributed by atoms with Crippen LogP contribution in [0.15, 0.2) is 0 Å². The number of piperazine rings is 1. The van der Waals surface area contributed by atoms with Crippen molar-refractivity contribution in [3.8, 4) is 0 Å². The molecule has 2 amide bonds. The molecule has 1 N–H and O–H groups in total. The van der Waals surface area contributed by atoms with Crippen molar-refractivity contribution in [2.24, 2.45) is 0 Å². The molecule has 3 saturated heterocycles. The fourth-order valence-electron chi connectivity index (χ4n) is 3.84. The molecule has 1 unspecified atom stereocenters. The summed E-state index contributed by atoms with van der Waals surface area (Å²) in [5, 5.41) is 3.34. The first-order chi connectivity index (χ1) is 11.2. The van der Waals surface area contributed by atoms with Crippen LogP contribution in [0.2, 0.25) is 0 Å². The van der Waals surface area contributed by atoms with Gasteiger partial charge in [-0.1, -0.05) is 6.42 Å². The number of hydrogen-bond donors (Lipinski definition) is 1. The SMILES string of the molecule is O=C(CN1CCN(C(=O)C2CCCCN2)CC1)N1CCCCC1. The van der Waals surface area contributed by atoms with E-state index < -0.39 is 0 Å². The Morgan fingerprint density at radius 2 is 1.57 bits per heavy atom. The Morgan fingerprint density at radius 3 is 2.22 bits per heavy atom. The second-order valence-electron chi connectivity index (χ2n) is 7.05. The second-order valence-corrected chi connectivity index (χ2v) is 7.05. The highest BCUT2D eigenvalue weighted by Gasteiger charge is 2.29. The van der Waals surface area contributed by atoms with E-state index in [9.17, 15) is 9.59 Å². The molecule has 0 aromatic rings. The fourth-order valence-corrected chi connectivity index (χ4v) is 3.84. The highest BCUT2D eigenvalue weighted by atomic mass is 16.2. The summed E-state index contributed by atoms with van der Waals surface area (Å²) in [5.41, 5.74) is 0. The Balaban J connectivity index is 1.41. The van der Waals surface area contributed by atoms with Crippen LogP contribution in [0.5, 0.6) is 0 Å². The number of nitrogens with one attached hydrogen (secondary N) is 1. The molecule has 23 heavy (non-hydrogen) atoms. The lowest BCUT2D eigenvalue weighted by Gasteiger charge is -2.38. The van der Waals surface area contributed by atoms with Crippen LogP contribution in [-0.2, 0) is 9.59 Å². The number of carbonyl (C=O) groups is 2. The van der Waals surface area contributed by atoms with E-state index in [0.29, 0.717) is 6.54 Å². The van der Waals surface area contributed by atoms with Crippen LogP contribution in [-0.4, -0.2) is 84.9 Å². The summed E-state index contributed by atoms with van der Waals surface area (Å²) < 4.78 is 0. The molecule has 3 rings (SSSR count). The van der Waals surface area contributed by atoms with Crippen molar-refractivity contribution < 1.29 is 9.59 Å². The molecule has 0 aromatic carbocycles. The fraction of sp³-hybridized carbons (Fsp3) is 0.882. The van der Waals surface area contributed by atoms with Crippen molar-refractivity contribution in [1.29, 1.82) is 0 Å². The molecule has 3 heterocycles. The van der Waals surface area contributed by atoms with E-state index in [1.807, 2.05) is 9.80 Å². The average molecular weight is 322 g/mol. The summed E-state index contributed by atoms with van der Waals surface area (Å²) >= 11 is 0. The Kier molecular flexibility index (Phi) is 5.89. The molecule has 1 atom stereocenters. The topological polar surface area (TPSA) is 55.9 Å². The average Bonchev–Trinajstić information content (AvgIpc) is 2.63. The van der Waals surface area contributed by atoms with Gasteiger partial charge in [0.15, 0.2) is 0 Å². The molecule has 0 saturated carbocycles. The first-order valence-corrected chi connectivity index (χ1v) is 9.26. The van der Waals surface area contributed by atoms with E-state index in [1.54, 1.807) is 0 Å². The molecule has 0 aliphatic carbocycles. The number of amides is 2. The Labute approximate surface area is 139 Å². The maximum atomic E-state index is 12.5. The molecule has 0 aromatic heterocycles. The molecule has 0 bridgehead atoms. The van der Waals surface area contributed by atoms with Gasteiger partial charge in [-0.25, -0.2) is 0 Å². The minimum atomic E-state index is 0.0188. The quantitative estimate of drug-likeness (QED) is 0.811. The monoisotopic (exact) mass is 322 g/mol. The molecule has 0 radical (unpaired) electrons. The van der Waals surface area contributed by atoms with E-state index in [4.69, 9.17) is 0 Å². The standard InChI is InChI=1S/C17H30N4O2/c22-16(20-8-4-1-5-9-20)14-19-10-12-21(13-11-19)17(23)15-6-2-3-7-18-15/h15,18H,1-14H2. The third-order valence-electron chi connectivity index (χ3n) is 5.36. The van der Waals surface area contributed by atoms with Crippen molar-refractivity contribution in [3.63, 3.8) is 0 Å². The minimum Gasteiger partial charge on any atom is -0.342 e. The third-order valence-corrected chi connectivity index (χ3v) is 5.36. The van der Waals surface area contributed by atoms with Gasteiger partial charge in [0.2, 0.25) is 11.8 Å². The van der Waals surface area contributed by atoms with Crippen molar-refractivity contribution in [3.05, 3.63) is 0 Å². The lowest BCUT2D eigenvalue weighted by atomic mass is 10.0. The minimum absolute atomic E-state index is 0.0188. The zero-order valence-electron chi connectivity index (χ0n) is 14.1. The van der Waals surface area contributed by atoms with E-state index >= 15 is 0 Å². The number of rotatable bonds is 3. The first-order valence-electron chi connectivity index (χ1n) is 9.26. The summed E-state index contributed by atoms with van der Waals surface area (Å²) in [6, 6.07) is 0.0188. The molecule has 6 heteroatoms. The van der Waals surface area contributed by atoms with E-state index in [1.165, 1.54) is 12.8 Å². The van der Waals surface area contributed by atoms with Crippen LogP contribution >= 0.6 is 0 Å². The maximum absolute atomic E-state index is 12.5. The summed E-state index contributed by atoms with van der Waals surface area (Å²) in [5.74, 6) is 0.519. The van der Waals surface area contributed by atoms with Gasteiger partial charge in [0.25, 0.3) is 0 Å². The number of hydrogen-bond acceptors (Lipinski definition) is 4. The smallest absolute Gasteiger partial charge is 0.239 e. The summed E-state index contributed by atoms with van der Waals surface area (Å²) in [6.45, 7) is 6.46. The molecule has 0 spiro atoms. The summed E-state index contributed by atoms with van der Waals surface area (Å²) in [7, 11) is 0. The highest BCUT2D eigenvalue weighted by Crippen LogP contribution is 2.13. The van der Waals surface area contributed by atoms with Crippen LogP contribution in [0, 0.1) is 0 Å². The summed E-state index contributed by atoms with van der Waals surface area (Å²) in [4.78, 5) is 31.0. The van der Waals surface area contributed by atoms with Gasteiger partial charge in [-0.2, -0.15) is 0 Å². The zero-order chi connectivity index (χ0) is 16.1. The van der Waals surface area contributed by atoms with Gasteiger partial charge in [-0.05, 0) is 38.6 Å². The normalized spacial score (nSPS) is 27.0. The zero-order valence-corrected chi connectivity index (χ0v) is 14.1. The molecule has 3 fully saturated rings. The predicted molar refractivity (Wildman–Crippen MR) is 89.1 cm³/mol. The maximum Gasteiger partial charge on any atom is 0.239 e. The molecule has 3 aliphatic rings. The first kappa shape index (κ1) is 16.7. The van der Waals surface area contributed by atoms with Gasteiger partial charge in [-0.15, -0.1) is 0 Å². The molecule has 6 nitrogen and oxygen atoms in total. The van der Waals surface area contributed by atoms with E-state index in [2.05, 4.69) is 10.2 Å². The lowest BCUT2D eigenvalue weighted by molar-refractivity contribution is -0.137. The number of carbonyl (C=O) groups excluding carboxylic acids is 2.